The summed E-state index contributed by atoms with van der Waals surface area (Å²) in [6.07, 6.45) is -0.0918. The number of nitrogens with one attached hydrogen (secondary N) is 1. The standard InChI is InChI=1S/C16H23FN2O5S2/c1-12(2)11-25(21,22)15-9-19(10-15)16(20)6-7-18-26(23,24)14-5-3-4-13(17)8-14/h3-5,8,12,15,18H,6-7,9-11H2,1-2H3. The van der Waals surface area contributed by atoms with Crippen LogP contribution in [0.5, 0.6) is 0 Å². The van der Waals surface area contributed by atoms with Gasteiger partial charge in [-0.15, -0.1) is 0 Å². The number of carbonyl (C=O) groups excluding carboxylic acids is 1. The molecule has 1 amide bonds. The second kappa shape index (κ2) is 8.01. The first-order chi connectivity index (χ1) is 12.0. The monoisotopic (exact) mass is 406 g/mol. The number of benzene rings is 1. The number of likely N-dealkylation sites (tertiary alicyclic amines) is 1. The third-order valence-electron chi connectivity index (χ3n) is 4.01. The summed E-state index contributed by atoms with van der Waals surface area (Å²) in [5.41, 5.74) is 0. The molecule has 2 rings (SSSR count). The smallest absolute Gasteiger partial charge is 0.240 e. The average molecular weight is 407 g/mol. The summed E-state index contributed by atoms with van der Waals surface area (Å²) in [5.74, 6) is -0.865. The van der Waals surface area contributed by atoms with E-state index in [9.17, 15) is 26.0 Å². The van der Waals surface area contributed by atoms with Gasteiger partial charge in [0.2, 0.25) is 15.9 Å². The number of hydrogen-bond acceptors (Lipinski definition) is 5. The Balaban J connectivity index is 1.80. The molecule has 1 aromatic rings. The van der Waals surface area contributed by atoms with Gasteiger partial charge in [0.1, 0.15) is 5.82 Å². The summed E-state index contributed by atoms with van der Waals surface area (Å²) < 4.78 is 63.5. The fourth-order valence-electron chi connectivity index (χ4n) is 2.64. The summed E-state index contributed by atoms with van der Waals surface area (Å²) in [5, 5.41) is -0.544. The molecule has 1 N–H and O–H groups in total. The Morgan fingerprint density at radius 2 is 1.92 bits per heavy atom. The zero-order valence-corrected chi connectivity index (χ0v) is 16.3. The molecule has 7 nitrogen and oxygen atoms in total. The highest BCUT2D eigenvalue weighted by Crippen LogP contribution is 2.20. The highest BCUT2D eigenvalue weighted by atomic mass is 32.2. The highest BCUT2D eigenvalue weighted by molar-refractivity contribution is 7.92. The number of hydrogen-bond donors (Lipinski definition) is 1. The number of carbonyl (C=O) groups is 1. The molecule has 0 aromatic heterocycles. The van der Waals surface area contributed by atoms with Crippen LogP contribution in [-0.2, 0) is 24.7 Å². The Kier molecular flexibility index (Phi) is 6.41. The van der Waals surface area contributed by atoms with E-state index in [1.54, 1.807) is 0 Å². The molecule has 0 radical (unpaired) electrons. The van der Waals surface area contributed by atoms with Crippen LogP contribution in [-0.4, -0.2) is 58.3 Å². The van der Waals surface area contributed by atoms with Crippen LogP contribution in [0, 0.1) is 11.7 Å². The Morgan fingerprint density at radius 3 is 2.50 bits per heavy atom. The topological polar surface area (TPSA) is 101 Å². The van der Waals surface area contributed by atoms with Gasteiger partial charge in [0, 0.05) is 26.1 Å². The summed E-state index contributed by atoms with van der Waals surface area (Å²) in [4.78, 5) is 13.2. The Bertz CT molecular complexity index is 862. The molecule has 0 atom stereocenters. The van der Waals surface area contributed by atoms with E-state index >= 15 is 0 Å². The molecule has 0 aliphatic carbocycles. The molecule has 146 valence electrons. The molecule has 1 aliphatic rings. The van der Waals surface area contributed by atoms with Crippen molar-refractivity contribution in [3.63, 3.8) is 0 Å². The number of sulfonamides is 1. The summed E-state index contributed by atoms with van der Waals surface area (Å²) in [7, 11) is -7.11. The molecule has 0 bridgehead atoms. The van der Waals surface area contributed by atoms with Crippen LogP contribution in [0.25, 0.3) is 0 Å². The van der Waals surface area contributed by atoms with Crippen LogP contribution in [0.15, 0.2) is 29.2 Å². The quantitative estimate of drug-likeness (QED) is 0.687. The minimum Gasteiger partial charge on any atom is -0.340 e. The molecule has 0 unspecified atom stereocenters. The number of nitrogens with zero attached hydrogens (tertiary/aromatic N) is 1. The van der Waals surface area contributed by atoms with Gasteiger partial charge in [0.05, 0.1) is 15.9 Å². The molecule has 1 aliphatic heterocycles. The first-order valence-electron chi connectivity index (χ1n) is 8.26. The van der Waals surface area contributed by atoms with E-state index in [1.807, 2.05) is 13.8 Å². The van der Waals surface area contributed by atoms with Crippen molar-refractivity contribution >= 4 is 25.8 Å². The van der Waals surface area contributed by atoms with Gasteiger partial charge in [0.25, 0.3) is 0 Å². The van der Waals surface area contributed by atoms with Gasteiger partial charge in [-0.2, -0.15) is 0 Å². The lowest BCUT2D eigenvalue weighted by Crippen LogP contribution is -2.57. The van der Waals surface area contributed by atoms with Crippen molar-refractivity contribution in [2.24, 2.45) is 5.92 Å². The van der Waals surface area contributed by atoms with Gasteiger partial charge in [-0.3, -0.25) is 4.79 Å². The molecule has 1 fully saturated rings. The van der Waals surface area contributed by atoms with Crippen molar-refractivity contribution in [1.82, 2.24) is 9.62 Å². The lowest BCUT2D eigenvalue weighted by molar-refractivity contribution is -0.134. The molecule has 0 saturated carbocycles. The predicted molar refractivity (Wildman–Crippen MR) is 95.2 cm³/mol. The maximum absolute atomic E-state index is 13.1. The van der Waals surface area contributed by atoms with Gasteiger partial charge in [-0.25, -0.2) is 25.9 Å². The SMILES string of the molecule is CC(C)CS(=O)(=O)C1CN(C(=O)CCNS(=O)(=O)c2cccc(F)c2)C1. The third kappa shape index (κ3) is 5.24. The number of rotatable bonds is 8. The van der Waals surface area contributed by atoms with E-state index in [0.29, 0.717) is 0 Å². The van der Waals surface area contributed by atoms with E-state index in [-0.39, 0.29) is 48.5 Å². The largest absolute Gasteiger partial charge is 0.340 e. The predicted octanol–water partition coefficient (Wildman–Crippen LogP) is 0.776. The van der Waals surface area contributed by atoms with E-state index in [1.165, 1.54) is 17.0 Å². The van der Waals surface area contributed by atoms with Crippen molar-refractivity contribution in [3.8, 4) is 0 Å². The van der Waals surface area contributed by atoms with Crippen molar-refractivity contribution in [2.75, 3.05) is 25.4 Å². The minimum atomic E-state index is -3.90. The second-order valence-corrected chi connectivity index (χ2v) is 10.8. The first kappa shape index (κ1) is 20.8. The number of amides is 1. The fourth-order valence-corrected chi connectivity index (χ4v) is 5.72. The van der Waals surface area contributed by atoms with Crippen LogP contribution in [0.3, 0.4) is 0 Å². The molecule has 1 saturated heterocycles. The van der Waals surface area contributed by atoms with E-state index in [4.69, 9.17) is 0 Å². The Hall–Kier alpha value is -1.52. The van der Waals surface area contributed by atoms with Crippen LogP contribution in [0.1, 0.15) is 20.3 Å². The van der Waals surface area contributed by atoms with Crippen LogP contribution >= 0.6 is 0 Å². The Labute approximate surface area is 153 Å². The molecular weight excluding hydrogens is 383 g/mol. The third-order valence-corrected chi connectivity index (χ3v) is 7.92. The van der Waals surface area contributed by atoms with E-state index in [0.717, 1.165) is 12.1 Å². The highest BCUT2D eigenvalue weighted by Gasteiger charge is 2.39. The maximum atomic E-state index is 13.1. The van der Waals surface area contributed by atoms with Crippen molar-refractivity contribution in [3.05, 3.63) is 30.1 Å². The zero-order chi connectivity index (χ0) is 19.5. The molecule has 26 heavy (non-hydrogen) atoms. The van der Waals surface area contributed by atoms with E-state index < -0.39 is 30.9 Å². The lowest BCUT2D eigenvalue weighted by atomic mass is 10.2. The average Bonchev–Trinajstić information content (AvgIpc) is 2.43. The number of halogens is 1. The van der Waals surface area contributed by atoms with Gasteiger partial charge in [-0.1, -0.05) is 19.9 Å². The van der Waals surface area contributed by atoms with Crippen LogP contribution in [0.2, 0.25) is 0 Å². The van der Waals surface area contributed by atoms with Gasteiger partial charge in [0.15, 0.2) is 9.84 Å². The minimum absolute atomic E-state index is 0.0296. The summed E-state index contributed by atoms with van der Waals surface area (Å²) >= 11 is 0. The summed E-state index contributed by atoms with van der Waals surface area (Å²) in [6, 6.07) is 4.57. The molecule has 10 heteroatoms. The normalized spacial score (nSPS) is 15.9. The van der Waals surface area contributed by atoms with Crippen molar-refractivity contribution in [1.29, 1.82) is 0 Å². The molecule has 1 heterocycles. The first-order valence-corrected chi connectivity index (χ1v) is 11.5. The molecular formula is C16H23FN2O5S2. The lowest BCUT2D eigenvalue weighted by Gasteiger charge is -2.39. The van der Waals surface area contributed by atoms with Crippen LogP contribution < -0.4 is 4.72 Å². The molecule has 1 aromatic carbocycles. The van der Waals surface area contributed by atoms with Gasteiger partial charge < -0.3 is 4.90 Å². The summed E-state index contributed by atoms with van der Waals surface area (Å²) in [6.45, 7) is 3.79. The van der Waals surface area contributed by atoms with Crippen molar-refractivity contribution in [2.45, 2.75) is 30.4 Å². The number of sulfone groups is 1. The fraction of sp³-hybridized carbons (Fsp3) is 0.562. The van der Waals surface area contributed by atoms with Crippen molar-refractivity contribution < 1.29 is 26.0 Å². The van der Waals surface area contributed by atoms with Gasteiger partial charge >= 0.3 is 0 Å². The Morgan fingerprint density at radius 1 is 1.27 bits per heavy atom. The second-order valence-electron chi connectivity index (χ2n) is 6.75. The van der Waals surface area contributed by atoms with Crippen LogP contribution in [0.4, 0.5) is 4.39 Å². The zero-order valence-electron chi connectivity index (χ0n) is 14.7. The van der Waals surface area contributed by atoms with E-state index in [2.05, 4.69) is 4.72 Å². The molecule has 0 spiro atoms. The van der Waals surface area contributed by atoms with Gasteiger partial charge in [-0.05, 0) is 24.1 Å². The maximum Gasteiger partial charge on any atom is 0.240 e.